The largest absolute Gasteiger partial charge is 0.459 e. The Balaban J connectivity index is 2.78. The average Bonchev–Trinajstić information content (AvgIpc) is 3.00. The number of cyclic esters (lactones) is 1. The molecule has 0 aromatic carbocycles. The summed E-state index contributed by atoms with van der Waals surface area (Å²) in [6.07, 6.45) is -4.05. The van der Waals surface area contributed by atoms with Crippen molar-refractivity contribution in [2.75, 3.05) is 21.2 Å². The molecule has 0 saturated carbocycles. The minimum absolute atomic E-state index is 0.197. The van der Waals surface area contributed by atoms with Gasteiger partial charge in [0.05, 0.1) is 23.9 Å². The first-order chi connectivity index (χ1) is 22.1. The van der Waals surface area contributed by atoms with Gasteiger partial charge >= 0.3 is 5.97 Å². The van der Waals surface area contributed by atoms with Crippen LogP contribution in [0.4, 0.5) is 0 Å². The Morgan fingerprint density at radius 2 is 1.69 bits per heavy atom. The fraction of sp³-hybridized carbons (Fsp3) is 0.889. The maximum Gasteiger partial charge on any atom is 0.316 e. The van der Waals surface area contributed by atoms with Crippen molar-refractivity contribution in [3.63, 3.8) is 0 Å². The number of carbonyl (C=O) groups is 2. The Labute approximate surface area is 288 Å². The number of aliphatic hydroxyl groups is 3. The van der Waals surface area contributed by atoms with Crippen molar-refractivity contribution in [1.82, 2.24) is 4.90 Å². The van der Waals surface area contributed by atoms with E-state index in [-0.39, 0.29) is 25.0 Å². The molecule has 13 atom stereocenters. The number of hydrogen-bond acceptors (Lipinski definition) is 12. The highest BCUT2D eigenvalue weighted by Crippen LogP contribution is 2.38. The molecule has 2 saturated heterocycles. The number of Topliss-reactive ketones (excluding diaryl/α,β-unsaturated/α-hetero) is 1. The molecule has 0 aliphatic carbocycles. The third-order valence-electron chi connectivity index (χ3n) is 10.4. The summed E-state index contributed by atoms with van der Waals surface area (Å²) in [4.78, 5) is 29.5. The molecule has 2 heterocycles. The van der Waals surface area contributed by atoms with E-state index in [0.29, 0.717) is 18.1 Å². The predicted octanol–water partition coefficient (Wildman–Crippen LogP) is 4.02. The molecule has 4 unspecified atom stereocenters. The number of likely N-dealkylation sites (N-methyl/N-ethyl adjacent to an activating group) is 1. The Bertz CT molecular complexity index is 1140. The van der Waals surface area contributed by atoms with Gasteiger partial charge in [0, 0.05) is 36.4 Å². The standard InChI is InChI=1S/C36H65N3O9/c1-15-27-36(11,44)31(42)23(7)28(38-37-21(5)16-19(2)3)20(4)18-35(10,45-14)32(24(8)29(40)25(9)33(43)47-27)48-34-30(41)26(39(12)13)17-22(6)46-34/h19-20,22-27,30-32,34,41-42,44H,15-18H2,1-14H3/b37-21+,38-28+/t20-,22?,23+,24+,25-,26?,27-,30?,31-,32-,34?,35-,36-/m1/s1. The Morgan fingerprint density at radius 1 is 1.08 bits per heavy atom. The van der Waals surface area contributed by atoms with Gasteiger partial charge in [0.1, 0.15) is 23.7 Å². The molecule has 0 amide bonds. The Kier molecular flexibility index (Phi) is 15.4. The molecule has 0 spiro atoms. The molecule has 2 aliphatic rings. The van der Waals surface area contributed by atoms with E-state index in [0.717, 1.165) is 12.1 Å². The van der Waals surface area contributed by atoms with E-state index in [1.54, 1.807) is 20.8 Å². The molecule has 0 radical (unpaired) electrons. The number of nitrogens with zero attached hydrogens (tertiary/aromatic N) is 3. The first kappa shape index (κ1) is 42.4. The van der Waals surface area contributed by atoms with E-state index in [9.17, 15) is 24.9 Å². The third-order valence-corrected chi connectivity index (χ3v) is 10.4. The van der Waals surface area contributed by atoms with Crippen molar-refractivity contribution in [2.24, 2.45) is 39.8 Å². The first-order valence-electron chi connectivity index (χ1n) is 17.6. The van der Waals surface area contributed by atoms with E-state index in [1.165, 1.54) is 21.0 Å². The number of aliphatic hydroxyl groups excluding tert-OH is 2. The van der Waals surface area contributed by atoms with Gasteiger partial charge < -0.3 is 39.2 Å². The predicted molar refractivity (Wildman–Crippen MR) is 186 cm³/mol. The maximum absolute atomic E-state index is 14.1. The van der Waals surface area contributed by atoms with Crippen LogP contribution in [-0.4, -0.2) is 119 Å². The molecule has 278 valence electrons. The van der Waals surface area contributed by atoms with Crippen LogP contribution in [0.25, 0.3) is 0 Å². The van der Waals surface area contributed by atoms with Gasteiger partial charge in [0.2, 0.25) is 0 Å². The van der Waals surface area contributed by atoms with E-state index < -0.39 is 77.3 Å². The summed E-state index contributed by atoms with van der Waals surface area (Å²) < 4.78 is 24.7. The minimum atomic E-state index is -1.87. The smallest absolute Gasteiger partial charge is 0.316 e. The van der Waals surface area contributed by atoms with Crippen molar-refractivity contribution in [3.8, 4) is 0 Å². The third kappa shape index (κ3) is 9.92. The molecule has 0 bridgehead atoms. The van der Waals surface area contributed by atoms with Crippen LogP contribution in [0.5, 0.6) is 0 Å². The van der Waals surface area contributed by atoms with Gasteiger partial charge in [0.25, 0.3) is 0 Å². The van der Waals surface area contributed by atoms with Crippen LogP contribution in [0.3, 0.4) is 0 Å². The molecule has 2 rings (SSSR count). The van der Waals surface area contributed by atoms with Crippen molar-refractivity contribution in [1.29, 1.82) is 0 Å². The lowest BCUT2D eigenvalue weighted by molar-refractivity contribution is -0.295. The molecule has 2 aliphatic heterocycles. The van der Waals surface area contributed by atoms with E-state index in [4.69, 9.17) is 18.9 Å². The normalized spacial score (nSPS) is 42.3. The van der Waals surface area contributed by atoms with Gasteiger partial charge in [-0.2, -0.15) is 10.2 Å². The number of hydrogen-bond donors (Lipinski definition) is 3. The lowest BCUT2D eigenvalue weighted by atomic mass is 9.74. The van der Waals surface area contributed by atoms with Crippen molar-refractivity contribution < 1.29 is 43.9 Å². The van der Waals surface area contributed by atoms with Gasteiger partial charge in [-0.15, -0.1) is 0 Å². The zero-order chi connectivity index (χ0) is 36.9. The number of rotatable bonds is 8. The van der Waals surface area contributed by atoms with Crippen LogP contribution < -0.4 is 0 Å². The summed E-state index contributed by atoms with van der Waals surface area (Å²) >= 11 is 0. The van der Waals surface area contributed by atoms with E-state index in [2.05, 4.69) is 24.1 Å². The highest BCUT2D eigenvalue weighted by atomic mass is 16.7. The summed E-state index contributed by atoms with van der Waals surface area (Å²) in [5.41, 5.74) is -1.73. The SMILES string of the molecule is CC[C@H]1OC(=O)[C@H](C)C(=O)[C@H](C)[C@@H](OC2OC(C)CC(N(C)C)C2O)[C@](C)(OC)C[C@@H](C)/C(=N\N=C(/C)CC(C)C)[C@H](C)[C@@H](O)[C@]1(C)O. The summed E-state index contributed by atoms with van der Waals surface area (Å²) in [5.74, 6) is -4.15. The van der Waals surface area contributed by atoms with Crippen LogP contribution >= 0.6 is 0 Å². The average molecular weight is 684 g/mol. The molecule has 2 fully saturated rings. The topological polar surface area (TPSA) is 160 Å². The summed E-state index contributed by atoms with van der Waals surface area (Å²) in [6, 6.07) is -0.253. The first-order valence-corrected chi connectivity index (χ1v) is 17.6. The van der Waals surface area contributed by atoms with Crippen molar-refractivity contribution >= 4 is 23.2 Å². The van der Waals surface area contributed by atoms with Gasteiger partial charge in [-0.1, -0.05) is 41.5 Å². The molecule has 3 N–H and O–H groups in total. The second-order valence-corrected chi connectivity index (χ2v) is 15.4. The van der Waals surface area contributed by atoms with Gasteiger partial charge in [-0.25, -0.2) is 0 Å². The quantitative estimate of drug-likeness (QED) is 0.148. The van der Waals surface area contributed by atoms with Gasteiger partial charge in [-0.05, 0) is 86.2 Å². The minimum Gasteiger partial charge on any atom is -0.459 e. The van der Waals surface area contributed by atoms with Gasteiger partial charge in [-0.3, -0.25) is 9.59 Å². The Morgan fingerprint density at radius 3 is 2.21 bits per heavy atom. The number of esters is 1. The summed E-state index contributed by atoms with van der Waals surface area (Å²) in [7, 11) is 5.29. The van der Waals surface area contributed by atoms with E-state index >= 15 is 0 Å². The highest BCUT2D eigenvalue weighted by Gasteiger charge is 2.51. The molecule has 48 heavy (non-hydrogen) atoms. The molecule has 0 aromatic heterocycles. The maximum atomic E-state index is 14.1. The number of carbonyl (C=O) groups excluding carboxylic acids is 2. The Hall–Kier alpha value is -1.80. The lowest BCUT2D eigenvalue weighted by Crippen LogP contribution is -2.60. The van der Waals surface area contributed by atoms with Crippen molar-refractivity contribution in [3.05, 3.63) is 0 Å². The number of methoxy groups -OCH3 is 1. The fourth-order valence-corrected chi connectivity index (χ4v) is 7.41. The molecule has 12 heteroatoms. The van der Waals surface area contributed by atoms with Crippen LogP contribution in [-0.2, 0) is 28.5 Å². The highest BCUT2D eigenvalue weighted by molar-refractivity contribution is 6.00. The van der Waals surface area contributed by atoms with Crippen LogP contribution in [0.15, 0.2) is 10.2 Å². The molecular formula is C36H65N3O9. The molecular weight excluding hydrogens is 618 g/mol. The zero-order valence-corrected chi connectivity index (χ0v) is 31.9. The number of ketones is 1. The van der Waals surface area contributed by atoms with Gasteiger partial charge in [0.15, 0.2) is 12.1 Å². The second-order valence-electron chi connectivity index (χ2n) is 15.4. The second kappa shape index (κ2) is 17.4. The van der Waals surface area contributed by atoms with Crippen LogP contribution in [0.1, 0.15) is 102 Å². The molecule has 12 nitrogen and oxygen atoms in total. The summed E-state index contributed by atoms with van der Waals surface area (Å²) in [6.45, 7) is 19.8. The fourth-order valence-electron chi connectivity index (χ4n) is 7.41. The zero-order valence-electron chi connectivity index (χ0n) is 31.9. The van der Waals surface area contributed by atoms with Crippen LogP contribution in [0.2, 0.25) is 0 Å². The lowest BCUT2D eigenvalue weighted by Gasteiger charge is -2.47. The molecule has 0 aromatic rings. The van der Waals surface area contributed by atoms with Crippen LogP contribution in [0, 0.1) is 29.6 Å². The van der Waals surface area contributed by atoms with E-state index in [1.807, 2.05) is 46.7 Å². The number of ether oxygens (including phenoxy) is 4. The summed E-state index contributed by atoms with van der Waals surface area (Å²) in [5, 5.41) is 44.0. The monoisotopic (exact) mass is 683 g/mol. The van der Waals surface area contributed by atoms with Crippen molar-refractivity contribution in [2.45, 2.75) is 156 Å².